The lowest BCUT2D eigenvalue weighted by atomic mass is 10.1. The minimum absolute atomic E-state index is 0.170. The van der Waals surface area contributed by atoms with Crippen LogP contribution in [0.4, 0.5) is 8.78 Å². The van der Waals surface area contributed by atoms with Gasteiger partial charge in [-0.25, -0.2) is 8.78 Å². The number of carbonyl (C=O) groups excluding carboxylic acids is 1. The van der Waals surface area contributed by atoms with Gasteiger partial charge in [-0.15, -0.1) is 0 Å². The summed E-state index contributed by atoms with van der Waals surface area (Å²) in [5.41, 5.74) is 6.30. The highest BCUT2D eigenvalue weighted by molar-refractivity contribution is 9.10. The van der Waals surface area contributed by atoms with E-state index in [0.717, 1.165) is 6.07 Å². The number of hydrogen-bond donors (Lipinski definition) is 2. The monoisotopic (exact) mass is 302 g/mol. The summed E-state index contributed by atoms with van der Waals surface area (Å²) in [6.45, 7) is 0. The lowest BCUT2D eigenvalue weighted by Crippen LogP contribution is -2.23. The average Bonchev–Trinajstić information content (AvgIpc) is 2.70. The first-order valence-corrected chi connectivity index (χ1v) is 5.68. The number of rotatable bonds is 3. The fourth-order valence-electron chi connectivity index (χ4n) is 1.73. The molecule has 0 radical (unpaired) electrons. The normalized spacial score (nSPS) is 12.9. The highest BCUT2D eigenvalue weighted by Gasteiger charge is 2.16. The Labute approximate surface area is 104 Å². The Morgan fingerprint density at radius 3 is 2.82 bits per heavy atom. The first-order chi connectivity index (χ1) is 8.04. The summed E-state index contributed by atoms with van der Waals surface area (Å²) in [5.74, 6) is -1.36. The molecule has 6 heteroatoms. The van der Waals surface area contributed by atoms with E-state index in [-0.39, 0.29) is 16.4 Å². The molecule has 1 atom stereocenters. The Morgan fingerprint density at radius 2 is 2.18 bits per heavy atom. The fraction of sp³-hybridized carbons (Fsp3) is 0.182. The number of aromatic nitrogens is 1. The SMILES string of the molecule is N[C@H](C=O)Cc1c[nH]c2c(F)cc(F)c(Br)c12. The lowest BCUT2D eigenvalue weighted by Gasteiger charge is -2.04. The third kappa shape index (κ3) is 2.10. The van der Waals surface area contributed by atoms with E-state index >= 15 is 0 Å². The third-order valence-corrected chi connectivity index (χ3v) is 3.29. The molecule has 0 unspecified atom stereocenters. The van der Waals surface area contributed by atoms with Gasteiger partial charge in [0.25, 0.3) is 0 Å². The van der Waals surface area contributed by atoms with Gasteiger partial charge in [0.1, 0.15) is 17.9 Å². The van der Waals surface area contributed by atoms with Crippen LogP contribution < -0.4 is 5.73 Å². The Hall–Kier alpha value is -1.27. The summed E-state index contributed by atoms with van der Waals surface area (Å²) in [6.07, 6.45) is 2.36. The van der Waals surface area contributed by atoms with Crippen molar-refractivity contribution < 1.29 is 13.6 Å². The van der Waals surface area contributed by atoms with Crippen molar-refractivity contribution in [2.24, 2.45) is 5.73 Å². The van der Waals surface area contributed by atoms with E-state index < -0.39 is 17.7 Å². The van der Waals surface area contributed by atoms with Crippen molar-refractivity contribution in [3.05, 3.63) is 33.9 Å². The largest absolute Gasteiger partial charge is 0.358 e. The lowest BCUT2D eigenvalue weighted by molar-refractivity contribution is -0.108. The number of aromatic amines is 1. The standard InChI is InChI=1S/C11H9BrF2N2O/c12-10-7(13)2-8(14)11-9(10)5(3-16-11)1-6(15)4-17/h2-4,6,16H,1,15H2/t6-/m0/s1. The molecule has 3 N–H and O–H groups in total. The zero-order valence-corrected chi connectivity index (χ0v) is 10.2. The first-order valence-electron chi connectivity index (χ1n) is 4.89. The van der Waals surface area contributed by atoms with Crippen LogP contribution in [0.15, 0.2) is 16.7 Å². The van der Waals surface area contributed by atoms with E-state index in [1.807, 2.05) is 0 Å². The molecule has 17 heavy (non-hydrogen) atoms. The van der Waals surface area contributed by atoms with Gasteiger partial charge in [-0.1, -0.05) is 0 Å². The predicted molar refractivity (Wildman–Crippen MR) is 63.7 cm³/mol. The molecule has 1 heterocycles. The van der Waals surface area contributed by atoms with Crippen LogP contribution in [0.25, 0.3) is 10.9 Å². The number of nitrogens with one attached hydrogen (secondary N) is 1. The van der Waals surface area contributed by atoms with E-state index in [4.69, 9.17) is 5.73 Å². The average molecular weight is 303 g/mol. The van der Waals surface area contributed by atoms with Gasteiger partial charge in [0.2, 0.25) is 0 Å². The van der Waals surface area contributed by atoms with Gasteiger partial charge < -0.3 is 15.5 Å². The molecule has 0 bridgehead atoms. The fourth-order valence-corrected chi connectivity index (χ4v) is 2.30. The maximum Gasteiger partial charge on any atom is 0.150 e. The van der Waals surface area contributed by atoms with Gasteiger partial charge in [-0.05, 0) is 27.9 Å². The van der Waals surface area contributed by atoms with Gasteiger partial charge in [-0.3, -0.25) is 0 Å². The van der Waals surface area contributed by atoms with Crippen LogP contribution in [0.1, 0.15) is 5.56 Å². The number of H-pyrrole nitrogens is 1. The second-order valence-electron chi connectivity index (χ2n) is 3.72. The molecule has 0 amide bonds. The smallest absolute Gasteiger partial charge is 0.150 e. The molecule has 0 aliphatic heterocycles. The van der Waals surface area contributed by atoms with E-state index in [2.05, 4.69) is 20.9 Å². The summed E-state index contributed by atoms with van der Waals surface area (Å²) in [7, 11) is 0. The minimum Gasteiger partial charge on any atom is -0.358 e. The van der Waals surface area contributed by atoms with Crippen molar-refractivity contribution in [2.75, 3.05) is 0 Å². The number of fused-ring (bicyclic) bond motifs is 1. The maximum absolute atomic E-state index is 13.5. The number of aldehydes is 1. The van der Waals surface area contributed by atoms with Crippen molar-refractivity contribution in [3.8, 4) is 0 Å². The number of benzene rings is 1. The Kier molecular flexibility index (Phi) is 3.26. The van der Waals surface area contributed by atoms with Crippen LogP contribution in [-0.4, -0.2) is 17.3 Å². The molecule has 1 aromatic carbocycles. The topological polar surface area (TPSA) is 58.9 Å². The van der Waals surface area contributed by atoms with Crippen molar-refractivity contribution in [2.45, 2.75) is 12.5 Å². The Bertz CT molecular complexity index is 582. The van der Waals surface area contributed by atoms with Gasteiger partial charge in [-0.2, -0.15) is 0 Å². The molecule has 0 saturated heterocycles. The summed E-state index contributed by atoms with van der Waals surface area (Å²) in [4.78, 5) is 13.2. The number of hydrogen-bond acceptors (Lipinski definition) is 2. The molecular weight excluding hydrogens is 294 g/mol. The molecule has 0 aliphatic rings. The molecule has 2 rings (SSSR count). The first kappa shape index (κ1) is 12.2. The molecular formula is C11H9BrF2N2O. The zero-order chi connectivity index (χ0) is 12.6. The molecule has 3 nitrogen and oxygen atoms in total. The Balaban J connectivity index is 2.62. The van der Waals surface area contributed by atoms with Gasteiger partial charge in [0, 0.05) is 17.6 Å². The quantitative estimate of drug-likeness (QED) is 0.675. The minimum atomic E-state index is -0.688. The van der Waals surface area contributed by atoms with E-state index in [1.165, 1.54) is 6.20 Å². The third-order valence-electron chi connectivity index (χ3n) is 2.51. The van der Waals surface area contributed by atoms with Crippen molar-refractivity contribution >= 4 is 33.1 Å². The molecule has 2 aromatic rings. The van der Waals surface area contributed by atoms with Gasteiger partial charge in [0.05, 0.1) is 16.0 Å². The van der Waals surface area contributed by atoms with Crippen molar-refractivity contribution in [1.82, 2.24) is 4.98 Å². The van der Waals surface area contributed by atoms with Crippen LogP contribution in [0.5, 0.6) is 0 Å². The summed E-state index contributed by atoms with van der Waals surface area (Å²) < 4.78 is 27.0. The van der Waals surface area contributed by atoms with Crippen LogP contribution in [0, 0.1) is 11.6 Å². The Morgan fingerprint density at radius 1 is 1.47 bits per heavy atom. The highest BCUT2D eigenvalue weighted by atomic mass is 79.9. The molecule has 0 aliphatic carbocycles. The molecule has 1 aromatic heterocycles. The maximum atomic E-state index is 13.5. The summed E-state index contributed by atoms with van der Waals surface area (Å²) in [5, 5.41) is 0.389. The molecule has 0 spiro atoms. The van der Waals surface area contributed by atoms with E-state index in [9.17, 15) is 13.6 Å². The molecule has 0 fully saturated rings. The number of carbonyl (C=O) groups is 1. The van der Waals surface area contributed by atoms with Gasteiger partial charge in [0.15, 0.2) is 0 Å². The van der Waals surface area contributed by atoms with E-state index in [1.54, 1.807) is 0 Å². The second kappa shape index (κ2) is 4.54. The number of halogens is 3. The summed E-state index contributed by atoms with van der Waals surface area (Å²) in [6, 6.07) is 0.110. The predicted octanol–water partition coefficient (Wildman–Crippen LogP) is 2.28. The van der Waals surface area contributed by atoms with Crippen LogP contribution in [-0.2, 0) is 11.2 Å². The zero-order valence-electron chi connectivity index (χ0n) is 8.64. The van der Waals surface area contributed by atoms with Crippen LogP contribution in [0.3, 0.4) is 0 Å². The van der Waals surface area contributed by atoms with Gasteiger partial charge >= 0.3 is 0 Å². The second-order valence-corrected chi connectivity index (χ2v) is 4.52. The number of nitrogens with two attached hydrogens (primary N) is 1. The van der Waals surface area contributed by atoms with Crippen molar-refractivity contribution in [3.63, 3.8) is 0 Å². The summed E-state index contributed by atoms with van der Waals surface area (Å²) >= 11 is 3.07. The van der Waals surface area contributed by atoms with E-state index in [0.29, 0.717) is 17.2 Å². The van der Waals surface area contributed by atoms with Crippen LogP contribution >= 0.6 is 15.9 Å². The molecule has 90 valence electrons. The van der Waals surface area contributed by atoms with Crippen LogP contribution in [0.2, 0.25) is 0 Å². The van der Waals surface area contributed by atoms with Crippen molar-refractivity contribution in [1.29, 1.82) is 0 Å². The highest BCUT2D eigenvalue weighted by Crippen LogP contribution is 2.31. The molecule has 0 saturated carbocycles.